The van der Waals surface area contributed by atoms with Crippen LogP contribution in [0.3, 0.4) is 0 Å². The Labute approximate surface area is 191 Å². The van der Waals surface area contributed by atoms with Gasteiger partial charge in [-0.25, -0.2) is 0 Å². The maximum Gasteiger partial charge on any atom is 0.138 e. The smallest absolute Gasteiger partial charge is 0.138 e. The first-order valence-electron chi connectivity index (χ1n) is 13.3. The summed E-state index contributed by atoms with van der Waals surface area (Å²) in [5.41, 5.74) is 9.46. The van der Waals surface area contributed by atoms with Crippen molar-refractivity contribution in [2.75, 3.05) is 0 Å². The van der Waals surface area contributed by atoms with Gasteiger partial charge in [0.15, 0.2) is 0 Å². The number of Topliss-reactive ketones (excluding diaryl/α,β-unsaturated/α-hetero) is 1. The molecule has 5 fully saturated rings. The van der Waals surface area contributed by atoms with E-state index >= 15 is 0 Å². The molecular weight excluding hydrogens is 378 g/mol. The highest BCUT2D eigenvalue weighted by atomic mass is 16.1. The van der Waals surface area contributed by atoms with E-state index in [0.29, 0.717) is 39.8 Å². The lowest BCUT2D eigenvalue weighted by Gasteiger charge is -2.72. The van der Waals surface area contributed by atoms with E-state index in [1.165, 1.54) is 56.9 Å². The monoisotopic (exact) mass is 425 g/mol. The maximum absolute atomic E-state index is 12.9. The highest BCUT2D eigenvalue weighted by Gasteiger charge is 2.70. The second-order valence-corrected chi connectivity index (χ2v) is 14.1. The van der Waals surface area contributed by atoms with Crippen molar-refractivity contribution >= 4 is 5.78 Å². The standard InChI is InChI=1S/C29H47NO/c1-18(2)19-10-15-29(30)17-16-27(6)20(24(19)29)8-9-22-26(5)13-12-23(31)25(3,4)21(26)11-14-28(22,27)7/h19-22,24H,1,8-17,30H2,2-7H3/t19-,20+,21-,22+,24+,26-,27+,28+,29?/m0/s1. The average Bonchev–Trinajstić information content (AvgIpc) is 3.04. The Bertz CT molecular complexity index is 814. The SMILES string of the molecule is C=C(C)[C@@H]1CCC2(N)CC[C@]3(C)[C@H](CC[C@@H]4[C@@]5(C)CCC(=O)C(C)(C)[C@@H]5CC[C@]43C)[C@@H]12. The van der Waals surface area contributed by atoms with Crippen LogP contribution in [0.1, 0.15) is 106 Å². The van der Waals surface area contributed by atoms with E-state index in [2.05, 4.69) is 48.1 Å². The van der Waals surface area contributed by atoms with Gasteiger partial charge in [0.25, 0.3) is 0 Å². The van der Waals surface area contributed by atoms with Crippen molar-refractivity contribution in [3.8, 4) is 0 Å². The van der Waals surface area contributed by atoms with Gasteiger partial charge in [0.1, 0.15) is 5.78 Å². The molecule has 2 heteroatoms. The van der Waals surface area contributed by atoms with E-state index in [-0.39, 0.29) is 11.0 Å². The Morgan fingerprint density at radius 1 is 0.871 bits per heavy atom. The van der Waals surface area contributed by atoms with Crippen LogP contribution < -0.4 is 5.73 Å². The van der Waals surface area contributed by atoms with Gasteiger partial charge >= 0.3 is 0 Å². The summed E-state index contributed by atoms with van der Waals surface area (Å²) in [7, 11) is 0. The van der Waals surface area contributed by atoms with Crippen molar-refractivity contribution in [2.45, 2.75) is 111 Å². The van der Waals surface area contributed by atoms with E-state index in [0.717, 1.165) is 24.7 Å². The van der Waals surface area contributed by atoms with Crippen LogP contribution in [0.25, 0.3) is 0 Å². The predicted octanol–water partition coefficient (Wildman–Crippen LogP) is 6.92. The molecule has 5 rings (SSSR count). The first-order chi connectivity index (χ1) is 14.3. The lowest BCUT2D eigenvalue weighted by atomic mass is 9.33. The van der Waals surface area contributed by atoms with Crippen LogP contribution in [0.5, 0.6) is 0 Å². The fraction of sp³-hybridized carbons (Fsp3) is 0.897. The summed E-state index contributed by atoms with van der Waals surface area (Å²) in [6, 6.07) is 0. The van der Waals surface area contributed by atoms with E-state index in [1.807, 2.05) is 0 Å². The molecule has 1 unspecified atom stereocenters. The lowest BCUT2D eigenvalue weighted by Crippen LogP contribution is -2.68. The van der Waals surface area contributed by atoms with Crippen molar-refractivity contribution in [3.63, 3.8) is 0 Å². The maximum atomic E-state index is 12.9. The van der Waals surface area contributed by atoms with Gasteiger partial charge < -0.3 is 5.73 Å². The highest BCUT2D eigenvalue weighted by Crippen LogP contribution is 2.75. The molecule has 0 aromatic carbocycles. The van der Waals surface area contributed by atoms with Crippen LogP contribution in [-0.2, 0) is 4.79 Å². The average molecular weight is 426 g/mol. The van der Waals surface area contributed by atoms with Gasteiger partial charge in [0, 0.05) is 17.4 Å². The van der Waals surface area contributed by atoms with Gasteiger partial charge in [-0.1, -0.05) is 46.8 Å². The quantitative estimate of drug-likeness (QED) is 0.463. The number of carbonyl (C=O) groups is 1. The Hall–Kier alpha value is -0.630. The second-order valence-electron chi connectivity index (χ2n) is 14.1. The van der Waals surface area contributed by atoms with E-state index in [9.17, 15) is 4.79 Å². The van der Waals surface area contributed by atoms with Crippen LogP contribution in [-0.4, -0.2) is 11.3 Å². The number of allylic oxidation sites excluding steroid dienone is 1. The van der Waals surface area contributed by atoms with Crippen molar-refractivity contribution in [1.29, 1.82) is 0 Å². The van der Waals surface area contributed by atoms with Gasteiger partial charge in [-0.2, -0.15) is 0 Å². The normalized spacial score (nSPS) is 55.6. The summed E-state index contributed by atoms with van der Waals surface area (Å²) in [5, 5.41) is 0. The van der Waals surface area contributed by atoms with Gasteiger partial charge in [-0.3, -0.25) is 4.79 Å². The fourth-order valence-electron chi connectivity index (χ4n) is 11.0. The number of carbonyl (C=O) groups excluding carboxylic acids is 1. The number of rotatable bonds is 1. The topological polar surface area (TPSA) is 43.1 Å². The van der Waals surface area contributed by atoms with Gasteiger partial charge in [-0.05, 0) is 111 Å². The Kier molecular flexibility index (Phi) is 4.64. The Balaban J connectivity index is 1.55. The summed E-state index contributed by atoms with van der Waals surface area (Å²) in [6.07, 6.45) is 12.0. The highest BCUT2D eigenvalue weighted by molar-refractivity contribution is 5.85. The summed E-state index contributed by atoms with van der Waals surface area (Å²) in [6.45, 7) is 19.1. The molecule has 0 bridgehead atoms. The van der Waals surface area contributed by atoms with Gasteiger partial charge in [0.05, 0.1) is 0 Å². The molecule has 2 nitrogen and oxygen atoms in total. The minimum absolute atomic E-state index is 0.0390. The molecule has 5 aliphatic carbocycles. The van der Waals surface area contributed by atoms with E-state index < -0.39 is 0 Å². The molecule has 0 saturated heterocycles. The molecule has 0 aromatic rings. The van der Waals surface area contributed by atoms with E-state index in [1.54, 1.807) is 0 Å². The largest absolute Gasteiger partial charge is 0.325 e. The molecule has 0 radical (unpaired) electrons. The minimum atomic E-state index is -0.151. The van der Waals surface area contributed by atoms with Crippen molar-refractivity contribution in [3.05, 3.63) is 12.2 Å². The van der Waals surface area contributed by atoms with E-state index in [4.69, 9.17) is 5.73 Å². The van der Waals surface area contributed by atoms with Crippen LogP contribution >= 0.6 is 0 Å². The van der Waals surface area contributed by atoms with Crippen molar-refractivity contribution in [2.24, 2.45) is 57.0 Å². The third-order valence-corrected chi connectivity index (χ3v) is 12.9. The van der Waals surface area contributed by atoms with Crippen LogP contribution in [0, 0.1) is 51.2 Å². The van der Waals surface area contributed by atoms with Crippen LogP contribution in [0.2, 0.25) is 0 Å². The molecular formula is C29H47NO. The molecule has 2 N–H and O–H groups in total. The molecule has 0 amide bonds. The van der Waals surface area contributed by atoms with Crippen molar-refractivity contribution in [1.82, 2.24) is 0 Å². The summed E-state index contributed by atoms with van der Waals surface area (Å²) in [5.74, 6) is 3.77. The zero-order valence-corrected chi connectivity index (χ0v) is 21.2. The molecule has 0 heterocycles. The summed E-state index contributed by atoms with van der Waals surface area (Å²) >= 11 is 0. The predicted molar refractivity (Wildman–Crippen MR) is 128 cm³/mol. The molecule has 174 valence electrons. The molecule has 0 aliphatic heterocycles. The fourth-order valence-corrected chi connectivity index (χ4v) is 11.0. The number of nitrogens with two attached hydrogens (primary N) is 1. The molecule has 0 spiro atoms. The Morgan fingerprint density at radius 2 is 1.58 bits per heavy atom. The van der Waals surface area contributed by atoms with Crippen molar-refractivity contribution < 1.29 is 4.79 Å². The van der Waals surface area contributed by atoms with Crippen LogP contribution in [0.15, 0.2) is 12.2 Å². The number of fused-ring (bicyclic) bond motifs is 7. The second kappa shape index (κ2) is 6.49. The molecule has 0 aromatic heterocycles. The minimum Gasteiger partial charge on any atom is -0.325 e. The van der Waals surface area contributed by atoms with Gasteiger partial charge in [0.2, 0.25) is 0 Å². The third-order valence-electron chi connectivity index (χ3n) is 12.9. The number of ketones is 1. The zero-order chi connectivity index (χ0) is 22.6. The van der Waals surface area contributed by atoms with Crippen LogP contribution in [0.4, 0.5) is 0 Å². The molecule has 9 atom stereocenters. The molecule has 5 aliphatic rings. The lowest BCUT2D eigenvalue weighted by molar-refractivity contribution is -0.227. The summed E-state index contributed by atoms with van der Waals surface area (Å²) in [4.78, 5) is 12.9. The Morgan fingerprint density at radius 3 is 2.26 bits per heavy atom. The zero-order valence-electron chi connectivity index (χ0n) is 21.2. The number of hydrogen-bond donors (Lipinski definition) is 1. The summed E-state index contributed by atoms with van der Waals surface area (Å²) < 4.78 is 0. The molecule has 5 saturated carbocycles. The third kappa shape index (κ3) is 2.58. The molecule has 31 heavy (non-hydrogen) atoms. The number of hydrogen-bond acceptors (Lipinski definition) is 2. The first-order valence-corrected chi connectivity index (χ1v) is 13.3. The van der Waals surface area contributed by atoms with Gasteiger partial charge in [-0.15, -0.1) is 0 Å². The first kappa shape index (κ1) is 22.2.